The molecule has 0 saturated carbocycles. The molecule has 3 heteroatoms. The SMILES string of the molecule is CCc1nc2ccccc2nc1-c1ccc2c(c1)C1C=CC=CC1S2. The number of fused-ring (bicyclic) bond motifs is 4. The summed E-state index contributed by atoms with van der Waals surface area (Å²) in [5.74, 6) is 0.475. The Morgan fingerprint density at radius 3 is 2.60 bits per heavy atom. The van der Waals surface area contributed by atoms with Crippen molar-refractivity contribution in [2.45, 2.75) is 29.4 Å². The van der Waals surface area contributed by atoms with Gasteiger partial charge in [-0.3, -0.25) is 0 Å². The van der Waals surface area contributed by atoms with Crippen molar-refractivity contribution < 1.29 is 0 Å². The van der Waals surface area contributed by atoms with Crippen molar-refractivity contribution >= 4 is 22.8 Å². The van der Waals surface area contributed by atoms with Gasteiger partial charge in [-0.1, -0.05) is 49.4 Å². The van der Waals surface area contributed by atoms with Gasteiger partial charge in [0, 0.05) is 21.6 Å². The van der Waals surface area contributed by atoms with Crippen LogP contribution in [0.4, 0.5) is 0 Å². The smallest absolute Gasteiger partial charge is 0.0925 e. The zero-order valence-electron chi connectivity index (χ0n) is 14.0. The number of allylic oxidation sites excluding steroid dienone is 3. The first-order chi connectivity index (χ1) is 12.3. The van der Waals surface area contributed by atoms with Crippen LogP contribution in [0, 0.1) is 0 Å². The number of nitrogens with zero attached hydrogens (tertiary/aromatic N) is 2. The fourth-order valence-corrected chi connectivity index (χ4v) is 5.03. The summed E-state index contributed by atoms with van der Waals surface area (Å²) in [7, 11) is 0. The van der Waals surface area contributed by atoms with Crippen molar-refractivity contribution in [1.82, 2.24) is 9.97 Å². The molecular weight excluding hydrogens is 324 g/mol. The highest BCUT2D eigenvalue weighted by Crippen LogP contribution is 2.49. The number of thioether (sulfide) groups is 1. The summed E-state index contributed by atoms with van der Waals surface area (Å²) < 4.78 is 0. The Labute approximate surface area is 151 Å². The Morgan fingerprint density at radius 2 is 1.76 bits per heavy atom. The first kappa shape index (κ1) is 14.9. The number of benzene rings is 2. The largest absolute Gasteiger partial charge is 0.249 e. The molecule has 2 atom stereocenters. The maximum Gasteiger partial charge on any atom is 0.0925 e. The van der Waals surface area contributed by atoms with E-state index in [1.165, 1.54) is 16.0 Å². The third kappa shape index (κ3) is 2.42. The number of aromatic nitrogens is 2. The molecule has 2 heterocycles. The minimum absolute atomic E-state index is 0.475. The lowest BCUT2D eigenvalue weighted by Crippen LogP contribution is -2.06. The lowest BCUT2D eigenvalue weighted by atomic mass is 9.91. The van der Waals surface area contributed by atoms with Gasteiger partial charge in [0.25, 0.3) is 0 Å². The van der Waals surface area contributed by atoms with Gasteiger partial charge in [-0.2, -0.15) is 0 Å². The summed E-state index contributed by atoms with van der Waals surface area (Å²) in [5.41, 5.74) is 6.62. The highest BCUT2D eigenvalue weighted by atomic mass is 32.2. The van der Waals surface area contributed by atoms with E-state index in [1.807, 2.05) is 36.0 Å². The molecular formula is C22H18N2S. The number of para-hydroxylation sites is 2. The maximum atomic E-state index is 4.94. The Morgan fingerprint density at radius 1 is 0.960 bits per heavy atom. The van der Waals surface area contributed by atoms with E-state index in [9.17, 15) is 0 Å². The molecule has 0 bridgehead atoms. The first-order valence-electron chi connectivity index (χ1n) is 8.75. The summed E-state index contributed by atoms with van der Waals surface area (Å²) in [4.78, 5) is 11.2. The van der Waals surface area contributed by atoms with Gasteiger partial charge in [-0.15, -0.1) is 11.8 Å². The third-order valence-electron chi connectivity index (χ3n) is 4.97. The van der Waals surface area contributed by atoms with E-state index < -0.39 is 0 Å². The van der Waals surface area contributed by atoms with E-state index in [4.69, 9.17) is 9.97 Å². The molecule has 3 aromatic rings. The van der Waals surface area contributed by atoms with E-state index in [-0.39, 0.29) is 0 Å². The average Bonchev–Trinajstić information content (AvgIpc) is 3.04. The molecule has 5 rings (SSSR count). The van der Waals surface area contributed by atoms with Gasteiger partial charge in [0.1, 0.15) is 0 Å². The van der Waals surface area contributed by atoms with Gasteiger partial charge >= 0.3 is 0 Å². The zero-order valence-corrected chi connectivity index (χ0v) is 14.8. The predicted molar refractivity (Wildman–Crippen MR) is 105 cm³/mol. The normalized spacial score (nSPS) is 20.7. The van der Waals surface area contributed by atoms with Gasteiger partial charge in [0.15, 0.2) is 0 Å². The van der Waals surface area contributed by atoms with Crippen LogP contribution in [0.2, 0.25) is 0 Å². The molecule has 0 saturated heterocycles. The van der Waals surface area contributed by atoms with Crippen LogP contribution in [0.3, 0.4) is 0 Å². The Hall–Kier alpha value is -2.39. The highest BCUT2D eigenvalue weighted by Gasteiger charge is 2.31. The van der Waals surface area contributed by atoms with Crippen molar-refractivity contribution in [3.05, 3.63) is 78.0 Å². The van der Waals surface area contributed by atoms with Gasteiger partial charge in [-0.05, 0) is 36.2 Å². The Kier molecular flexibility index (Phi) is 3.49. The summed E-state index contributed by atoms with van der Waals surface area (Å²) in [6.45, 7) is 2.15. The third-order valence-corrected chi connectivity index (χ3v) is 6.32. The lowest BCUT2D eigenvalue weighted by Gasteiger charge is -2.15. The Bertz CT molecular complexity index is 1040. The summed E-state index contributed by atoms with van der Waals surface area (Å²) >= 11 is 1.96. The molecule has 0 amide bonds. The van der Waals surface area contributed by atoms with E-state index in [2.05, 4.69) is 49.4 Å². The number of aryl methyl sites for hydroxylation is 1. The lowest BCUT2D eigenvalue weighted by molar-refractivity contribution is 0.881. The molecule has 2 unspecified atom stereocenters. The van der Waals surface area contributed by atoms with Gasteiger partial charge in [-0.25, -0.2) is 9.97 Å². The van der Waals surface area contributed by atoms with E-state index in [0.717, 1.165) is 28.8 Å². The minimum atomic E-state index is 0.475. The molecule has 2 aromatic carbocycles. The maximum absolute atomic E-state index is 4.94. The van der Waals surface area contributed by atoms with E-state index in [1.54, 1.807) is 0 Å². The minimum Gasteiger partial charge on any atom is -0.249 e. The second kappa shape index (κ2) is 5.85. The van der Waals surface area contributed by atoms with Crippen LogP contribution in [0.1, 0.15) is 24.1 Å². The van der Waals surface area contributed by atoms with Crippen LogP contribution in [-0.4, -0.2) is 15.2 Å². The van der Waals surface area contributed by atoms with Crippen LogP contribution in [0.15, 0.2) is 71.7 Å². The van der Waals surface area contributed by atoms with Gasteiger partial charge < -0.3 is 0 Å². The second-order valence-electron chi connectivity index (χ2n) is 6.49. The monoisotopic (exact) mass is 342 g/mol. The molecule has 1 aliphatic carbocycles. The van der Waals surface area contributed by atoms with Crippen molar-refractivity contribution in [1.29, 1.82) is 0 Å². The summed E-state index contributed by atoms with van der Waals surface area (Å²) in [6, 6.07) is 14.9. The van der Waals surface area contributed by atoms with Crippen LogP contribution in [-0.2, 0) is 6.42 Å². The average molecular weight is 342 g/mol. The first-order valence-corrected chi connectivity index (χ1v) is 9.63. The molecule has 2 aliphatic rings. The van der Waals surface area contributed by atoms with Crippen molar-refractivity contribution in [2.24, 2.45) is 0 Å². The van der Waals surface area contributed by atoms with Crippen LogP contribution in [0.5, 0.6) is 0 Å². The molecule has 0 N–H and O–H groups in total. The number of rotatable bonds is 2. The fraction of sp³-hybridized carbons (Fsp3) is 0.182. The van der Waals surface area contributed by atoms with Gasteiger partial charge in [0.05, 0.1) is 22.4 Å². The van der Waals surface area contributed by atoms with Crippen LogP contribution < -0.4 is 0 Å². The zero-order chi connectivity index (χ0) is 16.8. The van der Waals surface area contributed by atoms with Crippen LogP contribution >= 0.6 is 11.8 Å². The van der Waals surface area contributed by atoms with E-state index in [0.29, 0.717) is 11.2 Å². The molecule has 1 aliphatic heterocycles. The highest BCUT2D eigenvalue weighted by molar-refractivity contribution is 8.00. The Balaban J connectivity index is 1.66. The molecule has 2 nitrogen and oxygen atoms in total. The molecule has 0 fully saturated rings. The topological polar surface area (TPSA) is 25.8 Å². The summed E-state index contributed by atoms with van der Waals surface area (Å²) in [6.07, 6.45) is 9.83. The standard InChI is InChI=1S/C22H18N2S/c1-2-17-22(24-19-9-5-4-8-18(19)23-17)14-11-12-21-16(13-14)15-7-3-6-10-20(15)25-21/h3-13,15,20H,2H2,1H3. The predicted octanol–water partition coefficient (Wildman–Crippen LogP) is 5.54. The number of hydrogen-bond donors (Lipinski definition) is 0. The quantitative estimate of drug-likeness (QED) is 0.611. The second-order valence-corrected chi connectivity index (χ2v) is 7.71. The van der Waals surface area contributed by atoms with Crippen molar-refractivity contribution in [3.8, 4) is 11.3 Å². The van der Waals surface area contributed by atoms with E-state index >= 15 is 0 Å². The molecule has 0 spiro atoms. The van der Waals surface area contributed by atoms with Crippen LogP contribution in [0.25, 0.3) is 22.3 Å². The van der Waals surface area contributed by atoms with Crippen molar-refractivity contribution in [2.75, 3.05) is 0 Å². The summed E-state index contributed by atoms with van der Waals surface area (Å²) in [5, 5.41) is 0.531. The molecule has 1 aromatic heterocycles. The molecule has 122 valence electrons. The fourth-order valence-electron chi connectivity index (χ4n) is 3.70. The van der Waals surface area contributed by atoms with Gasteiger partial charge in [0.2, 0.25) is 0 Å². The number of hydrogen-bond acceptors (Lipinski definition) is 3. The van der Waals surface area contributed by atoms with Crippen molar-refractivity contribution in [3.63, 3.8) is 0 Å². The molecule has 25 heavy (non-hydrogen) atoms. The molecule has 0 radical (unpaired) electrons.